The van der Waals surface area contributed by atoms with Crippen LogP contribution >= 0.6 is 11.8 Å². The van der Waals surface area contributed by atoms with Gasteiger partial charge in [-0.15, -0.1) is 11.8 Å². The highest BCUT2D eigenvalue weighted by Gasteiger charge is 2.16. The number of benzene rings is 1. The van der Waals surface area contributed by atoms with Gasteiger partial charge in [0.25, 0.3) is 0 Å². The van der Waals surface area contributed by atoms with E-state index in [1.54, 1.807) is 0 Å². The van der Waals surface area contributed by atoms with Gasteiger partial charge in [-0.3, -0.25) is 4.90 Å². The topological polar surface area (TPSA) is 19.0 Å². The Kier molecular flexibility index (Phi) is 3.62. The number of aromatic nitrogens is 1. The molecule has 1 aromatic heterocycles. The lowest BCUT2D eigenvalue weighted by Crippen LogP contribution is -2.29. The lowest BCUT2D eigenvalue weighted by molar-refractivity contribution is 0.220. The van der Waals surface area contributed by atoms with Gasteiger partial charge >= 0.3 is 0 Å². The molecule has 1 aliphatic heterocycles. The van der Waals surface area contributed by atoms with E-state index in [0.717, 1.165) is 6.54 Å². The van der Waals surface area contributed by atoms with Crippen LogP contribution in [0.4, 0.5) is 0 Å². The second-order valence-corrected chi connectivity index (χ2v) is 5.84. The number of nitrogens with one attached hydrogen (secondary N) is 1. The molecular weight excluding hydrogens is 240 g/mol. The van der Waals surface area contributed by atoms with Gasteiger partial charge in [0, 0.05) is 23.0 Å². The van der Waals surface area contributed by atoms with Crippen molar-refractivity contribution in [3.8, 4) is 0 Å². The van der Waals surface area contributed by atoms with E-state index in [1.807, 2.05) is 11.8 Å². The number of para-hydroxylation sites is 1. The summed E-state index contributed by atoms with van der Waals surface area (Å²) in [5.74, 6) is 0. The summed E-state index contributed by atoms with van der Waals surface area (Å²) >= 11 is 1.83. The maximum absolute atomic E-state index is 3.54. The number of fused-ring (bicyclic) bond motifs is 1. The van der Waals surface area contributed by atoms with Crippen LogP contribution in [0.1, 0.15) is 24.8 Å². The van der Waals surface area contributed by atoms with E-state index >= 15 is 0 Å². The molecule has 96 valence electrons. The van der Waals surface area contributed by atoms with E-state index in [0.29, 0.717) is 0 Å². The second kappa shape index (κ2) is 5.37. The average molecular weight is 260 g/mol. The molecule has 0 saturated carbocycles. The number of aromatic amines is 1. The zero-order chi connectivity index (χ0) is 12.4. The molecule has 0 spiro atoms. The van der Waals surface area contributed by atoms with Crippen molar-refractivity contribution in [3.63, 3.8) is 0 Å². The van der Waals surface area contributed by atoms with Crippen LogP contribution in [-0.2, 0) is 6.54 Å². The molecule has 0 amide bonds. The third kappa shape index (κ3) is 2.29. The average Bonchev–Trinajstić information content (AvgIpc) is 2.78. The highest BCUT2D eigenvalue weighted by Crippen LogP contribution is 2.30. The van der Waals surface area contributed by atoms with Crippen molar-refractivity contribution in [2.45, 2.75) is 30.8 Å². The predicted octanol–water partition coefficient (Wildman–Crippen LogP) is 3.88. The molecule has 0 atom stereocenters. The van der Waals surface area contributed by atoms with Gasteiger partial charge in [0.1, 0.15) is 0 Å². The van der Waals surface area contributed by atoms with Gasteiger partial charge in [0.2, 0.25) is 0 Å². The molecule has 2 nitrogen and oxygen atoms in total. The number of hydrogen-bond donors (Lipinski definition) is 1. The van der Waals surface area contributed by atoms with Crippen LogP contribution in [-0.4, -0.2) is 29.2 Å². The first-order valence-corrected chi connectivity index (χ1v) is 7.97. The zero-order valence-corrected chi connectivity index (χ0v) is 11.7. The molecule has 2 aromatic rings. The van der Waals surface area contributed by atoms with Crippen molar-refractivity contribution in [1.82, 2.24) is 9.88 Å². The van der Waals surface area contributed by atoms with Gasteiger partial charge in [-0.2, -0.15) is 0 Å². The molecule has 18 heavy (non-hydrogen) atoms. The maximum Gasteiger partial charge on any atom is 0.0775 e. The Morgan fingerprint density at radius 2 is 1.94 bits per heavy atom. The third-order valence-corrected chi connectivity index (χ3v) is 4.57. The quantitative estimate of drug-likeness (QED) is 0.845. The Hall–Kier alpha value is -0.930. The number of H-pyrrole nitrogens is 1. The van der Waals surface area contributed by atoms with Gasteiger partial charge in [-0.1, -0.05) is 24.6 Å². The van der Waals surface area contributed by atoms with E-state index in [1.165, 1.54) is 53.8 Å². The molecular formula is C15H20N2S. The number of nitrogens with zero attached hydrogens (tertiary/aromatic N) is 1. The summed E-state index contributed by atoms with van der Waals surface area (Å²) in [5, 5.41) is 2.73. The Morgan fingerprint density at radius 3 is 2.72 bits per heavy atom. The van der Waals surface area contributed by atoms with Gasteiger partial charge in [0.15, 0.2) is 0 Å². The van der Waals surface area contributed by atoms with Gasteiger partial charge in [-0.05, 0) is 38.3 Å². The Morgan fingerprint density at radius 1 is 1.17 bits per heavy atom. The Labute approximate surface area is 113 Å². The van der Waals surface area contributed by atoms with Crippen LogP contribution in [0.3, 0.4) is 0 Å². The standard InChI is InChI=1S/C15H20N2S/c1-18-15-13(11-17-9-5-2-6-10-17)12-7-3-4-8-14(12)16-15/h3-4,7-8,16H,2,5-6,9-11H2,1H3. The maximum atomic E-state index is 3.54. The van der Waals surface area contributed by atoms with E-state index in [-0.39, 0.29) is 0 Å². The first kappa shape index (κ1) is 12.1. The lowest BCUT2D eigenvalue weighted by atomic mass is 10.1. The van der Waals surface area contributed by atoms with Crippen molar-refractivity contribution >= 4 is 22.7 Å². The minimum absolute atomic E-state index is 1.10. The largest absolute Gasteiger partial charge is 0.349 e. The number of hydrogen-bond acceptors (Lipinski definition) is 2. The SMILES string of the molecule is CSc1[nH]c2ccccc2c1CN1CCCCC1. The summed E-state index contributed by atoms with van der Waals surface area (Å²) in [6.45, 7) is 3.61. The van der Waals surface area contributed by atoms with E-state index in [4.69, 9.17) is 0 Å². The molecule has 1 fully saturated rings. The Balaban J connectivity index is 1.93. The number of likely N-dealkylation sites (tertiary alicyclic amines) is 1. The smallest absolute Gasteiger partial charge is 0.0775 e. The molecule has 3 heteroatoms. The first-order chi connectivity index (χ1) is 8.88. The van der Waals surface area contributed by atoms with Crippen LogP contribution in [0.5, 0.6) is 0 Å². The fourth-order valence-corrected chi connectivity index (χ4v) is 3.48. The minimum atomic E-state index is 1.10. The van der Waals surface area contributed by atoms with Crippen molar-refractivity contribution in [2.75, 3.05) is 19.3 Å². The molecule has 0 unspecified atom stereocenters. The minimum Gasteiger partial charge on any atom is -0.349 e. The van der Waals surface area contributed by atoms with Crippen LogP contribution in [0.15, 0.2) is 29.3 Å². The van der Waals surface area contributed by atoms with E-state index in [9.17, 15) is 0 Å². The van der Waals surface area contributed by atoms with Crippen LogP contribution < -0.4 is 0 Å². The van der Waals surface area contributed by atoms with Crippen LogP contribution in [0.25, 0.3) is 10.9 Å². The Bertz CT molecular complexity index is 526. The first-order valence-electron chi connectivity index (χ1n) is 6.74. The van der Waals surface area contributed by atoms with E-state index < -0.39 is 0 Å². The molecule has 0 aliphatic carbocycles. The summed E-state index contributed by atoms with van der Waals surface area (Å²) in [6, 6.07) is 8.66. The van der Waals surface area contributed by atoms with Crippen LogP contribution in [0, 0.1) is 0 Å². The zero-order valence-electron chi connectivity index (χ0n) is 10.9. The second-order valence-electron chi connectivity index (χ2n) is 5.02. The van der Waals surface area contributed by atoms with Crippen molar-refractivity contribution in [1.29, 1.82) is 0 Å². The fourth-order valence-electron chi connectivity index (χ4n) is 2.85. The summed E-state index contributed by atoms with van der Waals surface area (Å²) in [6.07, 6.45) is 6.28. The summed E-state index contributed by atoms with van der Waals surface area (Å²) in [5.41, 5.74) is 2.76. The summed E-state index contributed by atoms with van der Waals surface area (Å²) < 4.78 is 0. The number of rotatable bonds is 3. The third-order valence-electron chi connectivity index (χ3n) is 3.81. The number of thioether (sulfide) groups is 1. The predicted molar refractivity (Wildman–Crippen MR) is 79.2 cm³/mol. The van der Waals surface area contributed by atoms with Gasteiger partial charge in [-0.25, -0.2) is 0 Å². The molecule has 0 bridgehead atoms. The molecule has 0 radical (unpaired) electrons. The molecule has 1 saturated heterocycles. The van der Waals surface area contributed by atoms with Gasteiger partial charge in [0.05, 0.1) is 5.03 Å². The molecule has 1 aromatic carbocycles. The van der Waals surface area contributed by atoms with Crippen LogP contribution in [0.2, 0.25) is 0 Å². The highest BCUT2D eigenvalue weighted by molar-refractivity contribution is 7.98. The summed E-state index contributed by atoms with van der Waals surface area (Å²) in [4.78, 5) is 6.14. The van der Waals surface area contributed by atoms with E-state index in [2.05, 4.69) is 40.4 Å². The van der Waals surface area contributed by atoms with Crippen molar-refractivity contribution in [3.05, 3.63) is 29.8 Å². The normalized spacial score (nSPS) is 17.4. The van der Waals surface area contributed by atoms with Crippen molar-refractivity contribution < 1.29 is 0 Å². The number of piperidine rings is 1. The molecule has 2 heterocycles. The van der Waals surface area contributed by atoms with Gasteiger partial charge < -0.3 is 4.98 Å². The lowest BCUT2D eigenvalue weighted by Gasteiger charge is -2.26. The molecule has 3 rings (SSSR count). The molecule has 1 N–H and O–H groups in total. The molecule has 1 aliphatic rings. The highest BCUT2D eigenvalue weighted by atomic mass is 32.2. The van der Waals surface area contributed by atoms with Crippen molar-refractivity contribution in [2.24, 2.45) is 0 Å². The summed E-state index contributed by atoms with van der Waals surface area (Å²) in [7, 11) is 0. The monoisotopic (exact) mass is 260 g/mol. The fraction of sp³-hybridized carbons (Fsp3) is 0.467.